The van der Waals surface area contributed by atoms with Gasteiger partial charge >= 0.3 is 0 Å². The fourth-order valence-electron chi connectivity index (χ4n) is 1.91. The molecule has 0 spiro atoms. The maximum Gasteiger partial charge on any atom is 0.247 e. The Labute approximate surface area is 92.5 Å². The molecule has 0 radical (unpaired) electrons. The van der Waals surface area contributed by atoms with Crippen LogP contribution in [0.25, 0.3) is 0 Å². The van der Waals surface area contributed by atoms with Crippen molar-refractivity contribution < 1.29 is 4.79 Å². The zero-order chi connectivity index (χ0) is 11.9. The van der Waals surface area contributed by atoms with Crippen molar-refractivity contribution in [1.29, 1.82) is 0 Å². The molecular formula is C12H22N2O. The van der Waals surface area contributed by atoms with Gasteiger partial charge < -0.3 is 10.2 Å². The van der Waals surface area contributed by atoms with Gasteiger partial charge in [-0.05, 0) is 26.2 Å². The van der Waals surface area contributed by atoms with Crippen LogP contribution in [-0.2, 0) is 4.79 Å². The zero-order valence-electron chi connectivity index (χ0n) is 10.6. The highest BCUT2D eigenvalue weighted by atomic mass is 16.2. The van der Waals surface area contributed by atoms with Crippen molar-refractivity contribution in [2.45, 2.75) is 53.1 Å². The van der Waals surface area contributed by atoms with Crippen LogP contribution in [0.3, 0.4) is 0 Å². The molecule has 0 saturated carbocycles. The van der Waals surface area contributed by atoms with Gasteiger partial charge in [0.1, 0.15) is 6.04 Å². The third-order valence-electron chi connectivity index (χ3n) is 2.58. The van der Waals surface area contributed by atoms with Crippen LogP contribution < -0.4 is 5.32 Å². The van der Waals surface area contributed by atoms with Gasteiger partial charge in [-0.1, -0.05) is 20.8 Å². The fraction of sp³-hybridized carbons (Fsp3) is 0.750. The van der Waals surface area contributed by atoms with Gasteiger partial charge in [0, 0.05) is 17.9 Å². The van der Waals surface area contributed by atoms with Gasteiger partial charge in [0.25, 0.3) is 0 Å². The topological polar surface area (TPSA) is 32.3 Å². The predicted molar refractivity (Wildman–Crippen MR) is 62.1 cm³/mol. The number of nitrogens with one attached hydrogen (secondary N) is 1. The third-order valence-corrected chi connectivity index (χ3v) is 2.58. The summed E-state index contributed by atoms with van der Waals surface area (Å²) in [6, 6.07) is -0.109. The molecule has 1 heterocycles. The molecule has 3 heteroatoms. The number of rotatable bonds is 0. The standard InChI is InChI=1S/C12H22N2O/c1-11(2,3)9-10(15)13-7-8-14(9)12(4,5)6/h7-9H,1-6H3,(H,13,15). The molecule has 0 fully saturated rings. The molecule has 15 heavy (non-hydrogen) atoms. The van der Waals surface area contributed by atoms with E-state index in [0.29, 0.717) is 0 Å². The van der Waals surface area contributed by atoms with Crippen molar-refractivity contribution in [3.05, 3.63) is 12.4 Å². The third kappa shape index (κ3) is 2.52. The van der Waals surface area contributed by atoms with Gasteiger partial charge in [0.2, 0.25) is 5.91 Å². The molecule has 0 aromatic carbocycles. The summed E-state index contributed by atoms with van der Waals surface area (Å²) in [5.41, 5.74) is -0.103. The molecule has 0 bridgehead atoms. The van der Waals surface area contributed by atoms with E-state index in [4.69, 9.17) is 0 Å². The molecule has 1 aliphatic rings. The van der Waals surface area contributed by atoms with Crippen LogP contribution in [0.5, 0.6) is 0 Å². The summed E-state index contributed by atoms with van der Waals surface area (Å²) in [6.45, 7) is 12.6. The Morgan fingerprint density at radius 3 is 2.07 bits per heavy atom. The van der Waals surface area contributed by atoms with E-state index in [1.165, 1.54) is 0 Å². The molecule has 1 atom stereocenters. The summed E-state index contributed by atoms with van der Waals surface area (Å²) in [6.07, 6.45) is 3.69. The Balaban J connectivity index is 3.08. The van der Waals surface area contributed by atoms with Crippen LogP contribution in [0.2, 0.25) is 0 Å². The second-order valence-electron chi connectivity index (χ2n) is 6.17. The van der Waals surface area contributed by atoms with Gasteiger partial charge in [0.05, 0.1) is 0 Å². The van der Waals surface area contributed by atoms with Crippen molar-refractivity contribution in [3.8, 4) is 0 Å². The van der Waals surface area contributed by atoms with Crippen LogP contribution in [0, 0.1) is 5.41 Å². The van der Waals surface area contributed by atoms with Crippen molar-refractivity contribution in [2.24, 2.45) is 5.41 Å². The molecule has 1 aliphatic heterocycles. The van der Waals surface area contributed by atoms with E-state index in [9.17, 15) is 4.79 Å². The molecule has 1 amide bonds. The van der Waals surface area contributed by atoms with E-state index >= 15 is 0 Å². The number of carbonyl (C=O) groups excluding carboxylic acids is 1. The van der Waals surface area contributed by atoms with E-state index in [1.807, 2.05) is 6.20 Å². The summed E-state index contributed by atoms with van der Waals surface area (Å²) >= 11 is 0. The smallest absolute Gasteiger partial charge is 0.247 e. The summed E-state index contributed by atoms with van der Waals surface area (Å²) in [5.74, 6) is 0.0833. The van der Waals surface area contributed by atoms with Crippen LogP contribution in [0.4, 0.5) is 0 Å². The van der Waals surface area contributed by atoms with E-state index < -0.39 is 0 Å². The second kappa shape index (κ2) is 3.54. The number of nitrogens with zero attached hydrogens (tertiary/aromatic N) is 1. The lowest BCUT2D eigenvalue weighted by Crippen LogP contribution is -2.58. The van der Waals surface area contributed by atoms with Crippen molar-refractivity contribution in [2.75, 3.05) is 0 Å². The first-order chi connectivity index (χ1) is 6.64. The molecule has 1 N–H and O–H groups in total. The first-order valence-electron chi connectivity index (χ1n) is 5.39. The van der Waals surface area contributed by atoms with Crippen LogP contribution in [0.15, 0.2) is 12.4 Å². The second-order valence-corrected chi connectivity index (χ2v) is 6.17. The molecule has 0 aromatic heterocycles. The summed E-state index contributed by atoms with van der Waals surface area (Å²) < 4.78 is 0. The summed E-state index contributed by atoms with van der Waals surface area (Å²) in [5, 5.41) is 2.78. The molecule has 0 aliphatic carbocycles. The predicted octanol–water partition coefficient (Wildman–Crippen LogP) is 2.10. The highest BCUT2D eigenvalue weighted by Crippen LogP contribution is 2.31. The van der Waals surface area contributed by atoms with E-state index in [-0.39, 0.29) is 22.9 Å². The Kier molecular flexibility index (Phi) is 2.85. The fourth-order valence-corrected chi connectivity index (χ4v) is 1.91. The average molecular weight is 210 g/mol. The van der Waals surface area contributed by atoms with Crippen molar-refractivity contribution in [1.82, 2.24) is 10.2 Å². The van der Waals surface area contributed by atoms with Crippen molar-refractivity contribution in [3.63, 3.8) is 0 Å². The van der Waals surface area contributed by atoms with E-state index in [0.717, 1.165) is 0 Å². The Hall–Kier alpha value is -0.990. The molecule has 3 nitrogen and oxygen atoms in total. The number of amides is 1. The largest absolute Gasteiger partial charge is 0.359 e. The van der Waals surface area contributed by atoms with Crippen LogP contribution in [-0.4, -0.2) is 22.4 Å². The maximum atomic E-state index is 11.9. The number of hydrogen-bond acceptors (Lipinski definition) is 2. The van der Waals surface area contributed by atoms with Gasteiger partial charge in [-0.25, -0.2) is 0 Å². The normalized spacial score (nSPS) is 22.9. The lowest BCUT2D eigenvalue weighted by Gasteiger charge is -2.47. The molecule has 0 aromatic rings. The van der Waals surface area contributed by atoms with Gasteiger partial charge in [-0.2, -0.15) is 0 Å². The SMILES string of the molecule is CC(C)(C)C1C(=O)NC=CN1C(C)(C)C. The summed E-state index contributed by atoms with van der Waals surface area (Å²) in [4.78, 5) is 14.0. The van der Waals surface area contributed by atoms with Crippen LogP contribution >= 0.6 is 0 Å². The monoisotopic (exact) mass is 210 g/mol. The molecule has 1 unspecified atom stereocenters. The first-order valence-corrected chi connectivity index (χ1v) is 5.39. The number of hydrogen-bond donors (Lipinski definition) is 1. The molecular weight excluding hydrogens is 188 g/mol. The van der Waals surface area contributed by atoms with Gasteiger partial charge in [-0.15, -0.1) is 0 Å². The lowest BCUT2D eigenvalue weighted by atomic mass is 9.82. The lowest BCUT2D eigenvalue weighted by molar-refractivity contribution is -0.131. The quantitative estimate of drug-likeness (QED) is 0.664. The van der Waals surface area contributed by atoms with Crippen molar-refractivity contribution >= 4 is 5.91 Å². The zero-order valence-corrected chi connectivity index (χ0v) is 10.6. The maximum absolute atomic E-state index is 11.9. The van der Waals surface area contributed by atoms with Crippen LogP contribution in [0.1, 0.15) is 41.5 Å². The Morgan fingerprint density at radius 2 is 1.73 bits per heavy atom. The minimum atomic E-state index is -0.109. The Bertz CT molecular complexity index is 281. The molecule has 0 saturated heterocycles. The minimum absolute atomic E-state index is 0.0355. The minimum Gasteiger partial charge on any atom is -0.359 e. The Morgan fingerprint density at radius 1 is 1.20 bits per heavy atom. The van der Waals surface area contributed by atoms with E-state index in [1.54, 1.807) is 6.20 Å². The molecule has 1 rings (SSSR count). The van der Waals surface area contributed by atoms with Gasteiger partial charge in [0.15, 0.2) is 0 Å². The van der Waals surface area contributed by atoms with Gasteiger partial charge in [-0.3, -0.25) is 4.79 Å². The first kappa shape index (κ1) is 12.1. The summed E-state index contributed by atoms with van der Waals surface area (Å²) in [7, 11) is 0. The highest BCUT2D eigenvalue weighted by Gasteiger charge is 2.40. The van der Waals surface area contributed by atoms with E-state index in [2.05, 4.69) is 51.8 Å². The number of carbonyl (C=O) groups is 1. The average Bonchev–Trinajstić information content (AvgIpc) is 1.99. The molecule has 86 valence electrons. The highest BCUT2D eigenvalue weighted by molar-refractivity contribution is 5.84.